The predicted octanol–water partition coefficient (Wildman–Crippen LogP) is 3.45. The van der Waals surface area contributed by atoms with Gasteiger partial charge in [0.15, 0.2) is 0 Å². The number of benzene rings is 2. The Morgan fingerprint density at radius 3 is 2.33 bits per heavy atom. The number of carbonyl (C=O) groups excluding carboxylic acids is 2. The van der Waals surface area contributed by atoms with Gasteiger partial charge in [0, 0.05) is 11.4 Å². The minimum atomic E-state index is -0.393. The molecule has 0 saturated carbocycles. The maximum absolute atomic E-state index is 12.2. The van der Waals surface area contributed by atoms with E-state index in [0.29, 0.717) is 5.56 Å². The zero-order chi connectivity index (χ0) is 17.7. The largest absolute Gasteiger partial charge is 0.465 e. The second-order valence-electron chi connectivity index (χ2n) is 5.62. The second kappa shape index (κ2) is 7.64. The van der Waals surface area contributed by atoms with Crippen LogP contribution in [-0.2, 0) is 9.53 Å². The molecule has 24 heavy (non-hydrogen) atoms. The second-order valence-corrected chi connectivity index (χ2v) is 5.62. The van der Waals surface area contributed by atoms with Gasteiger partial charge in [-0.25, -0.2) is 4.79 Å². The number of rotatable bonds is 5. The van der Waals surface area contributed by atoms with Gasteiger partial charge >= 0.3 is 5.97 Å². The van der Waals surface area contributed by atoms with Crippen molar-refractivity contribution in [1.82, 2.24) is 0 Å². The van der Waals surface area contributed by atoms with Crippen molar-refractivity contribution in [3.05, 3.63) is 58.7 Å². The minimum Gasteiger partial charge on any atom is -0.465 e. The average molecular weight is 326 g/mol. The summed E-state index contributed by atoms with van der Waals surface area (Å²) >= 11 is 0. The van der Waals surface area contributed by atoms with E-state index < -0.39 is 5.97 Å². The molecule has 0 aliphatic rings. The van der Waals surface area contributed by atoms with Crippen molar-refractivity contribution in [2.75, 3.05) is 24.3 Å². The first-order valence-electron chi connectivity index (χ1n) is 7.72. The van der Waals surface area contributed by atoms with Crippen molar-refractivity contribution >= 4 is 23.3 Å². The predicted molar refractivity (Wildman–Crippen MR) is 95.6 cm³/mol. The molecule has 0 bridgehead atoms. The van der Waals surface area contributed by atoms with E-state index >= 15 is 0 Å². The summed E-state index contributed by atoms with van der Waals surface area (Å²) in [5, 5.41) is 5.96. The van der Waals surface area contributed by atoms with Gasteiger partial charge in [-0.15, -0.1) is 0 Å². The Labute approximate surface area is 142 Å². The van der Waals surface area contributed by atoms with Crippen LogP contribution >= 0.6 is 0 Å². The number of hydrogen-bond donors (Lipinski definition) is 2. The molecule has 0 fully saturated rings. The third-order valence-corrected chi connectivity index (χ3v) is 4.06. The molecule has 2 N–H and O–H groups in total. The number of hydrogen-bond acceptors (Lipinski definition) is 4. The monoisotopic (exact) mass is 326 g/mol. The molecule has 2 rings (SSSR count). The highest BCUT2D eigenvalue weighted by atomic mass is 16.5. The summed E-state index contributed by atoms with van der Waals surface area (Å²) in [6.07, 6.45) is 0. The van der Waals surface area contributed by atoms with Gasteiger partial charge in [0.2, 0.25) is 5.91 Å². The van der Waals surface area contributed by atoms with Gasteiger partial charge in [-0.1, -0.05) is 18.2 Å². The van der Waals surface area contributed by atoms with Gasteiger partial charge in [-0.3, -0.25) is 4.79 Å². The van der Waals surface area contributed by atoms with Gasteiger partial charge in [0.05, 0.1) is 19.2 Å². The number of esters is 1. The third kappa shape index (κ3) is 3.93. The lowest BCUT2D eigenvalue weighted by Gasteiger charge is -2.13. The highest BCUT2D eigenvalue weighted by Gasteiger charge is 2.12. The molecule has 2 aromatic carbocycles. The molecule has 0 spiro atoms. The van der Waals surface area contributed by atoms with Gasteiger partial charge in [-0.2, -0.15) is 0 Å². The molecule has 0 atom stereocenters. The molecular formula is C19H22N2O3. The molecule has 5 nitrogen and oxygen atoms in total. The number of nitrogens with one attached hydrogen (secondary N) is 2. The molecule has 1 amide bonds. The Morgan fingerprint density at radius 2 is 1.62 bits per heavy atom. The van der Waals surface area contributed by atoms with Gasteiger partial charge in [0.25, 0.3) is 0 Å². The van der Waals surface area contributed by atoms with Crippen LogP contribution < -0.4 is 10.6 Å². The topological polar surface area (TPSA) is 67.4 Å². The number of ether oxygens (including phenoxy) is 1. The van der Waals surface area contributed by atoms with Crippen molar-refractivity contribution < 1.29 is 14.3 Å². The lowest BCUT2D eigenvalue weighted by Crippen LogP contribution is -2.23. The Kier molecular flexibility index (Phi) is 5.58. The number of methoxy groups -OCH3 is 1. The summed E-state index contributed by atoms with van der Waals surface area (Å²) in [7, 11) is 1.35. The van der Waals surface area contributed by atoms with Crippen LogP contribution in [0.5, 0.6) is 0 Å². The molecule has 0 unspecified atom stereocenters. The van der Waals surface area contributed by atoms with Crippen LogP contribution in [0.25, 0.3) is 0 Å². The number of carbonyl (C=O) groups is 2. The normalized spacial score (nSPS) is 10.2. The van der Waals surface area contributed by atoms with Crippen LogP contribution in [0.4, 0.5) is 11.4 Å². The third-order valence-electron chi connectivity index (χ3n) is 4.06. The maximum Gasteiger partial charge on any atom is 0.338 e. The molecular weight excluding hydrogens is 304 g/mol. The van der Waals surface area contributed by atoms with E-state index in [1.165, 1.54) is 7.11 Å². The first-order chi connectivity index (χ1) is 11.4. The van der Waals surface area contributed by atoms with Crippen molar-refractivity contribution in [2.45, 2.75) is 20.8 Å². The average Bonchev–Trinajstić information content (AvgIpc) is 2.57. The summed E-state index contributed by atoms with van der Waals surface area (Å²) < 4.78 is 4.76. The number of aryl methyl sites for hydroxylation is 1. The van der Waals surface area contributed by atoms with Crippen molar-refractivity contribution in [3.63, 3.8) is 0 Å². The van der Waals surface area contributed by atoms with Crippen LogP contribution in [0.2, 0.25) is 0 Å². The Morgan fingerprint density at radius 1 is 0.958 bits per heavy atom. The van der Waals surface area contributed by atoms with E-state index in [0.717, 1.165) is 28.1 Å². The maximum atomic E-state index is 12.2. The SMILES string of the molecule is COC(=O)c1cccc(NCC(=O)Nc2cccc(C)c2C)c1C. The van der Waals surface area contributed by atoms with Crippen molar-refractivity contribution in [3.8, 4) is 0 Å². The minimum absolute atomic E-state index is 0.110. The fourth-order valence-electron chi connectivity index (χ4n) is 2.41. The fourth-order valence-corrected chi connectivity index (χ4v) is 2.41. The van der Waals surface area contributed by atoms with Crippen molar-refractivity contribution in [1.29, 1.82) is 0 Å². The van der Waals surface area contributed by atoms with Gasteiger partial charge < -0.3 is 15.4 Å². The zero-order valence-electron chi connectivity index (χ0n) is 14.4. The summed E-state index contributed by atoms with van der Waals surface area (Å²) in [5.74, 6) is -0.539. The summed E-state index contributed by atoms with van der Waals surface area (Å²) in [4.78, 5) is 23.9. The molecule has 0 saturated heterocycles. The highest BCUT2D eigenvalue weighted by molar-refractivity contribution is 5.96. The van der Waals surface area contributed by atoms with E-state index in [1.807, 2.05) is 45.0 Å². The van der Waals surface area contributed by atoms with E-state index in [2.05, 4.69) is 10.6 Å². The number of anilines is 2. The van der Waals surface area contributed by atoms with Crippen LogP contribution in [0.3, 0.4) is 0 Å². The van der Waals surface area contributed by atoms with Crippen LogP contribution in [0, 0.1) is 20.8 Å². The first kappa shape index (κ1) is 17.5. The van der Waals surface area contributed by atoms with Crippen LogP contribution in [0.1, 0.15) is 27.0 Å². The quantitative estimate of drug-likeness (QED) is 0.826. The molecule has 0 aromatic heterocycles. The summed E-state index contributed by atoms with van der Waals surface area (Å²) in [6, 6.07) is 11.1. The molecule has 5 heteroatoms. The fraction of sp³-hybridized carbons (Fsp3) is 0.263. The van der Waals surface area contributed by atoms with Gasteiger partial charge in [-0.05, 0) is 55.7 Å². The van der Waals surface area contributed by atoms with Crippen LogP contribution in [-0.4, -0.2) is 25.5 Å². The zero-order valence-corrected chi connectivity index (χ0v) is 14.4. The molecule has 126 valence electrons. The van der Waals surface area contributed by atoms with E-state index in [9.17, 15) is 9.59 Å². The van der Waals surface area contributed by atoms with Gasteiger partial charge in [0.1, 0.15) is 0 Å². The first-order valence-corrected chi connectivity index (χ1v) is 7.72. The Balaban J connectivity index is 2.04. The summed E-state index contributed by atoms with van der Waals surface area (Å²) in [6.45, 7) is 5.91. The highest BCUT2D eigenvalue weighted by Crippen LogP contribution is 2.20. The lowest BCUT2D eigenvalue weighted by molar-refractivity contribution is -0.114. The molecule has 0 aliphatic carbocycles. The van der Waals surface area contributed by atoms with Crippen LogP contribution in [0.15, 0.2) is 36.4 Å². The molecule has 0 aliphatic heterocycles. The van der Waals surface area contributed by atoms with E-state index in [1.54, 1.807) is 12.1 Å². The molecule has 0 heterocycles. The lowest BCUT2D eigenvalue weighted by atomic mass is 10.1. The molecule has 2 aromatic rings. The standard InChI is InChI=1S/C19H22N2O3/c1-12-7-5-10-17(13(12)2)21-18(22)11-20-16-9-6-8-15(14(16)3)19(23)24-4/h5-10,20H,11H2,1-4H3,(H,21,22). The smallest absolute Gasteiger partial charge is 0.338 e. The Hall–Kier alpha value is -2.82. The summed E-state index contributed by atoms with van der Waals surface area (Å²) in [5.41, 5.74) is 4.95. The number of amides is 1. The Bertz CT molecular complexity index is 769. The van der Waals surface area contributed by atoms with E-state index in [-0.39, 0.29) is 12.5 Å². The van der Waals surface area contributed by atoms with E-state index in [4.69, 9.17) is 4.74 Å². The van der Waals surface area contributed by atoms with Crippen molar-refractivity contribution in [2.24, 2.45) is 0 Å². The molecule has 0 radical (unpaired) electrons.